The highest BCUT2D eigenvalue weighted by atomic mass is 35.5. The zero-order chi connectivity index (χ0) is 4.28. The van der Waals surface area contributed by atoms with E-state index in [-0.39, 0.29) is 0 Å². The van der Waals surface area contributed by atoms with Crippen LogP contribution < -0.4 is 0 Å². The second-order valence-corrected chi connectivity index (χ2v) is 1.30. The minimum atomic E-state index is 0.353. The van der Waals surface area contributed by atoms with Crippen LogP contribution in [0.25, 0.3) is 0 Å². The van der Waals surface area contributed by atoms with Crippen LogP contribution in [0.3, 0.4) is 0 Å². The molecule has 0 N–H and O–H groups in total. The molecule has 0 aromatic heterocycles. The molecule has 0 saturated heterocycles. The summed E-state index contributed by atoms with van der Waals surface area (Å²) in [5.74, 6) is 0. The third-order valence-electron chi connectivity index (χ3n) is 0.109. The van der Waals surface area contributed by atoms with Gasteiger partial charge in [0.15, 0.2) is 5.05 Å². The van der Waals surface area contributed by atoms with Gasteiger partial charge in [-0.2, -0.15) is 0 Å². The molecule has 0 rings (SSSR count). The molecule has 0 amide bonds. The molecular formula is C2H3ClOS. The highest BCUT2D eigenvalue weighted by Crippen LogP contribution is 1.80. The third kappa shape index (κ3) is 4.18. The minimum Gasteiger partial charge on any atom is -0.379 e. The molecule has 0 fully saturated rings. The van der Waals surface area contributed by atoms with Crippen LogP contribution in [-0.4, -0.2) is 5.05 Å². The third-order valence-corrected chi connectivity index (χ3v) is 0.515. The van der Waals surface area contributed by atoms with E-state index in [9.17, 15) is 0 Å². The SMILES string of the molecule is CC(=S)OCl. The summed E-state index contributed by atoms with van der Waals surface area (Å²) in [6, 6.07) is 0. The Balaban J connectivity index is 2.85. The van der Waals surface area contributed by atoms with Gasteiger partial charge in [0, 0.05) is 6.92 Å². The normalized spacial score (nSPS) is 6.80. The van der Waals surface area contributed by atoms with E-state index in [1.807, 2.05) is 0 Å². The van der Waals surface area contributed by atoms with Crippen LogP contribution >= 0.6 is 24.1 Å². The van der Waals surface area contributed by atoms with E-state index in [0.29, 0.717) is 5.05 Å². The summed E-state index contributed by atoms with van der Waals surface area (Å²) in [6.45, 7) is 1.60. The van der Waals surface area contributed by atoms with Gasteiger partial charge in [0.05, 0.1) is 0 Å². The largest absolute Gasteiger partial charge is 0.379 e. The van der Waals surface area contributed by atoms with Crippen molar-refractivity contribution in [2.75, 3.05) is 0 Å². The second-order valence-electron chi connectivity index (χ2n) is 0.569. The Morgan fingerprint density at radius 1 is 2.00 bits per heavy atom. The lowest BCUT2D eigenvalue weighted by Gasteiger charge is -1.79. The quantitative estimate of drug-likeness (QED) is 0.437. The minimum absolute atomic E-state index is 0.353. The number of halogens is 1. The van der Waals surface area contributed by atoms with Crippen LogP contribution in [-0.2, 0) is 4.29 Å². The first-order chi connectivity index (χ1) is 2.27. The fourth-order valence-electron chi connectivity index (χ4n) is 0. The molecular weight excluding hydrogens is 108 g/mol. The van der Waals surface area contributed by atoms with Crippen LogP contribution in [0.1, 0.15) is 6.92 Å². The van der Waals surface area contributed by atoms with Gasteiger partial charge in [0.25, 0.3) is 0 Å². The molecule has 5 heavy (non-hydrogen) atoms. The first kappa shape index (κ1) is 5.18. The van der Waals surface area contributed by atoms with Gasteiger partial charge in [0.2, 0.25) is 0 Å². The maximum absolute atomic E-state index is 4.70. The Bertz CT molecular complexity index is 44.9. The summed E-state index contributed by atoms with van der Waals surface area (Å²) in [7, 11) is 0. The zero-order valence-corrected chi connectivity index (χ0v) is 4.27. The summed E-state index contributed by atoms with van der Waals surface area (Å²) < 4.78 is 3.95. The molecule has 0 aliphatic carbocycles. The predicted octanol–water partition coefficient (Wildman–Crippen LogP) is 1.50. The zero-order valence-electron chi connectivity index (χ0n) is 2.69. The topological polar surface area (TPSA) is 9.23 Å². The molecule has 0 spiro atoms. The van der Waals surface area contributed by atoms with Crippen molar-refractivity contribution >= 4 is 29.1 Å². The molecule has 0 unspecified atom stereocenters. The smallest absolute Gasteiger partial charge is 0.183 e. The average molecular weight is 111 g/mol. The van der Waals surface area contributed by atoms with Crippen molar-refractivity contribution in [2.45, 2.75) is 6.92 Å². The van der Waals surface area contributed by atoms with Gasteiger partial charge in [-0.3, -0.25) is 0 Å². The molecule has 0 atom stereocenters. The second kappa shape index (κ2) is 2.42. The van der Waals surface area contributed by atoms with Crippen molar-refractivity contribution in [1.29, 1.82) is 0 Å². The van der Waals surface area contributed by atoms with Crippen molar-refractivity contribution in [3.05, 3.63) is 0 Å². The lowest BCUT2D eigenvalue weighted by Crippen LogP contribution is -1.77. The van der Waals surface area contributed by atoms with Gasteiger partial charge < -0.3 is 4.29 Å². The Morgan fingerprint density at radius 2 is 2.20 bits per heavy atom. The Kier molecular flexibility index (Phi) is 2.51. The van der Waals surface area contributed by atoms with Gasteiger partial charge in [-0.15, -0.1) is 0 Å². The Labute approximate surface area is 41.1 Å². The Morgan fingerprint density at radius 3 is 2.20 bits per heavy atom. The maximum atomic E-state index is 4.70. The monoisotopic (exact) mass is 110 g/mol. The number of hydrogen-bond acceptors (Lipinski definition) is 2. The van der Waals surface area contributed by atoms with Gasteiger partial charge in [-0.25, -0.2) is 0 Å². The maximum Gasteiger partial charge on any atom is 0.183 e. The molecule has 0 bridgehead atoms. The average Bonchev–Trinajstić information content (AvgIpc) is 1.38. The van der Waals surface area contributed by atoms with Crippen LogP contribution in [0.2, 0.25) is 0 Å². The Hall–Kier alpha value is 0.180. The molecule has 0 heterocycles. The van der Waals surface area contributed by atoms with E-state index in [1.165, 1.54) is 0 Å². The lowest BCUT2D eigenvalue weighted by molar-refractivity contribution is 0.629. The predicted molar refractivity (Wildman–Crippen MR) is 25.2 cm³/mol. The molecule has 0 radical (unpaired) electrons. The van der Waals surface area contributed by atoms with Crippen molar-refractivity contribution in [1.82, 2.24) is 0 Å². The highest BCUT2D eigenvalue weighted by molar-refractivity contribution is 7.80. The molecule has 0 aliphatic heterocycles. The fourth-order valence-corrected chi connectivity index (χ4v) is 0. The van der Waals surface area contributed by atoms with Crippen LogP contribution in [0.5, 0.6) is 0 Å². The molecule has 30 valence electrons. The molecule has 0 aliphatic rings. The van der Waals surface area contributed by atoms with Gasteiger partial charge in [0.1, 0.15) is 11.9 Å². The van der Waals surface area contributed by atoms with E-state index in [2.05, 4.69) is 16.5 Å². The number of rotatable bonds is 0. The standard InChI is InChI=1S/C2H3ClOS/c1-2(5)4-3/h1H3. The molecule has 0 saturated carbocycles. The van der Waals surface area contributed by atoms with Crippen LogP contribution in [0.15, 0.2) is 0 Å². The van der Waals surface area contributed by atoms with Crippen molar-refractivity contribution in [2.24, 2.45) is 0 Å². The first-order valence-electron chi connectivity index (χ1n) is 1.06. The molecule has 1 nitrogen and oxygen atoms in total. The molecule has 3 heteroatoms. The van der Waals surface area contributed by atoms with Gasteiger partial charge >= 0.3 is 0 Å². The van der Waals surface area contributed by atoms with E-state index in [1.54, 1.807) is 6.92 Å². The summed E-state index contributed by atoms with van der Waals surface area (Å²) in [5.41, 5.74) is 0. The van der Waals surface area contributed by atoms with Crippen molar-refractivity contribution in [3.8, 4) is 0 Å². The first-order valence-corrected chi connectivity index (χ1v) is 1.78. The molecule has 0 aromatic rings. The fraction of sp³-hybridized carbons (Fsp3) is 0.500. The van der Waals surface area contributed by atoms with Crippen LogP contribution in [0.4, 0.5) is 0 Å². The van der Waals surface area contributed by atoms with Gasteiger partial charge in [-0.1, -0.05) is 0 Å². The molecule has 0 aromatic carbocycles. The summed E-state index contributed by atoms with van der Waals surface area (Å²) >= 11 is 9.04. The van der Waals surface area contributed by atoms with E-state index in [4.69, 9.17) is 11.9 Å². The highest BCUT2D eigenvalue weighted by Gasteiger charge is 1.73. The summed E-state index contributed by atoms with van der Waals surface area (Å²) in [6.07, 6.45) is 0. The van der Waals surface area contributed by atoms with E-state index >= 15 is 0 Å². The van der Waals surface area contributed by atoms with Crippen molar-refractivity contribution in [3.63, 3.8) is 0 Å². The lowest BCUT2D eigenvalue weighted by atomic mass is 10.9. The van der Waals surface area contributed by atoms with E-state index in [0.717, 1.165) is 0 Å². The van der Waals surface area contributed by atoms with E-state index < -0.39 is 0 Å². The summed E-state index contributed by atoms with van der Waals surface area (Å²) in [4.78, 5) is 0. The summed E-state index contributed by atoms with van der Waals surface area (Å²) in [5, 5.41) is 0.353. The van der Waals surface area contributed by atoms with Crippen molar-refractivity contribution < 1.29 is 4.29 Å². The van der Waals surface area contributed by atoms with Gasteiger partial charge in [-0.05, 0) is 12.2 Å². The van der Waals surface area contributed by atoms with Crippen LogP contribution in [0, 0.1) is 0 Å². The number of hydrogen-bond donors (Lipinski definition) is 0. The number of thiocarbonyl (C=S) groups is 1.